The van der Waals surface area contributed by atoms with Crippen LogP contribution in [0.25, 0.3) is 0 Å². The monoisotopic (exact) mass is 358 g/mol. The van der Waals surface area contributed by atoms with Crippen molar-refractivity contribution in [1.29, 1.82) is 0 Å². The average Bonchev–Trinajstić information content (AvgIpc) is 2.40. The van der Waals surface area contributed by atoms with E-state index >= 15 is 0 Å². The minimum Gasteiger partial charge on any atom is -0.298 e. The highest BCUT2D eigenvalue weighted by Gasteiger charge is 1.97. The van der Waals surface area contributed by atoms with Gasteiger partial charge < -0.3 is 0 Å². The third kappa shape index (κ3) is 5.15. The molecule has 0 saturated heterocycles. The molecule has 19 heavy (non-hydrogen) atoms. The largest absolute Gasteiger partial charge is 0.298 e. The fourth-order valence-electron chi connectivity index (χ4n) is 1.17. The Morgan fingerprint density at radius 2 is 1.42 bits per heavy atom. The molecule has 0 bridgehead atoms. The van der Waals surface area contributed by atoms with Crippen molar-refractivity contribution >= 4 is 51.7 Å². The van der Waals surface area contributed by atoms with E-state index in [0.717, 1.165) is 17.0 Å². The van der Waals surface area contributed by atoms with Crippen molar-refractivity contribution in [1.82, 2.24) is 0 Å². The molecule has 2 aromatic rings. The molecule has 0 fully saturated rings. The van der Waals surface area contributed by atoms with Gasteiger partial charge in [-0.25, -0.2) is 0 Å². The summed E-state index contributed by atoms with van der Waals surface area (Å²) in [6, 6.07) is 12.0. The van der Waals surface area contributed by atoms with Gasteiger partial charge in [-0.2, -0.15) is 0 Å². The highest BCUT2D eigenvalue weighted by atomic mass is 79.9. The molecule has 0 amide bonds. The molecule has 5 heteroatoms. The van der Waals surface area contributed by atoms with Gasteiger partial charge >= 0.3 is 0 Å². The molecule has 2 aromatic carbocycles. The molecule has 0 atom stereocenters. The van der Waals surface area contributed by atoms with Crippen LogP contribution < -0.4 is 0 Å². The van der Waals surface area contributed by atoms with E-state index in [0.29, 0.717) is 21.2 Å². The number of aldehydes is 2. The van der Waals surface area contributed by atoms with Crippen molar-refractivity contribution in [3.8, 4) is 0 Å². The summed E-state index contributed by atoms with van der Waals surface area (Å²) < 4.78 is 0.878. The second-order valence-corrected chi connectivity index (χ2v) is 5.15. The SMILES string of the molecule is O=Cc1ccc(Br)cc1Cl.O=Cc1ccccc1Cl. The second-order valence-electron chi connectivity index (χ2n) is 3.42. The van der Waals surface area contributed by atoms with Crippen molar-refractivity contribution in [2.75, 3.05) is 0 Å². The fraction of sp³-hybridized carbons (Fsp3) is 0. The highest BCUT2D eigenvalue weighted by Crippen LogP contribution is 2.19. The lowest BCUT2D eigenvalue weighted by Crippen LogP contribution is -1.79. The molecule has 0 aromatic heterocycles. The molecule has 0 unspecified atom stereocenters. The van der Waals surface area contributed by atoms with Crippen LogP contribution in [0.1, 0.15) is 20.7 Å². The molecule has 0 heterocycles. The molecule has 0 aliphatic heterocycles. The predicted molar refractivity (Wildman–Crippen MR) is 81.4 cm³/mol. The van der Waals surface area contributed by atoms with E-state index in [1.807, 2.05) is 0 Å². The highest BCUT2D eigenvalue weighted by molar-refractivity contribution is 9.10. The van der Waals surface area contributed by atoms with Crippen LogP contribution >= 0.6 is 39.1 Å². The summed E-state index contributed by atoms with van der Waals surface area (Å²) in [5.41, 5.74) is 1.06. The summed E-state index contributed by atoms with van der Waals surface area (Å²) in [7, 11) is 0. The van der Waals surface area contributed by atoms with Gasteiger partial charge in [0.2, 0.25) is 0 Å². The summed E-state index contributed by atoms with van der Waals surface area (Å²) >= 11 is 14.5. The van der Waals surface area contributed by atoms with Crippen LogP contribution in [0.2, 0.25) is 10.0 Å². The van der Waals surface area contributed by atoms with Gasteiger partial charge in [-0.15, -0.1) is 0 Å². The third-order valence-corrected chi connectivity index (χ3v) is 3.29. The zero-order valence-corrected chi connectivity index (χ0v) is 12.7. The number of halogens is 3. The first-order valence-corrected chi connectivity index (χ1v) is 6.73. The van der Waals surface area contributed by atoms with Crippen LogP contribution in [0.5, 0.6) is 0 Å². The summed E-state index contributed by atoms with van der Waals surface area (Å²) in [5, 5.41) is 0.983. The molecule has 2 nitrogen and oxygen atoms in total. The zero-order chi connectivity index (χ0) is 14.3. The van der Waals surface area contributed by atoms with E-state index in [4.69, 9.17) is 23.2 Å². The van der Waals surface area contributed by atoms with Crippen LogP contribution in [0.15, 0.2) is 46.9 Å². The molecule has 2 rings (SSSR count). The number of rotatable bonds is 2. The Bertz CT molecular complexity index is 585. The molecule has 98 valence electrons. The van der Waals surface area contributed by atoms with E-state index in [2.05, 4.69) is 15.9 Å². The van der Waals surface area contributed by atoms with Crippen LogP contribution in [-0.4, -0.2) is 12.6 Å². The summed E-state index contributed by atoms with van der Waals surface area (Å²) in [5.74, 6) is 0. The van der Waals surface area contributed by atoms with Crippen LogP contribution in [0.4, 0.5) is 0 Å². The van der Waals surface area contributed by atoms with Gasteiger partial charge in [0.05, 0.1) is 10.0 Å². The van der Waals surface area contributed by atoms with Gasteiger partial charge in [-0.3, -0.25) is 9.59 Å². The number of carbonyl (C=O) groups is 2. The first kappa shape index (κ1) is 15.9. The number of hydrogen-bond acceptors (Lipinski definition) is 2. The minimum absolute atomic E-state index is 0.476. The Labute approximate surface area is 129 Å². The first-order valence-electron chi connectivity index (χ1n) is 5.18. The summed E-state index contributed by atoms with van der Waals surface area (Å²) in [4.78, 5) is 20.4. The lowest BCUT2D eigenvalue weighted by Gasteiger charge is -1.94. The van der Waals surface area contributed by atoms with Crippen LogP contribution in [0.3, 0.4) is 0 Å². The lowest BCUT2D eigenvalue weighted by atomic mass is 10.2. The standard InChI is InChI=1S/C7H4BrClO.C7H5ClO/c8-6-2-1-5(4-10)7(9)3-6;8-7-4-2-1-3-6(7)5-9/h1-4H;1-5H. The maximum Gasteiger partial charge on any atom is 0.151 e. The van der Waals surface area contributed by atoms with Gasteiger partial charge in [0, 0.05) is 15.6 Å². The van der Waals surface area contributed by atoms with E-state index in [1.165, 1.54) is 0 Å². The molecule has 0 radical (unpaired) electrons. The van der Waals surface area contributed by atoms with E-state index in [9.17, 15) is 9.59 Å². The number of hydrogen-bond donors (Lipinski definition) is 0. The molecular weight excluding hydrogens is 351 g/mol. The van der Waals surface area contributed by atoms with Crippen molar-refractivity contribution in [3.05, 3.63) is 68.1 Å². The number of benzene rings is 2. The Balaban J connectivity index is 0.000000191. The van der Waals surface area contributed by atoms with Crippen molar-refractivity contribution < 1.29 is 9.59 Å². The third-order valence-electron chi connectivity index (χ3n) is 2.12. The molecule has 0 saturated carbocycles. The Hall–Kier alpha value is -1.16. The maximum atomic E-state index is 10.2. The minimum atomic E-state index is 0.476. The van der Waals surface area contributed by atoms with E-state index in [1.54, 1.807) is 42.5 Å². The van der Waals surface area contributed by atoms with Gasteiger partial charge in [0.25, 0.3) is 0 Å². The maximum absolute atomic E-state index is 10.2. The zero-order valence-electron chi connectivity index (χ0n) is 9.65. The lowest BCUT2D eigenvalue weighted by molar-refractivity contribution is 0.111. The van der Waals surface area contributed by atoms with Gasteiger partial charge in [0.15, 0.2) is 12.6 Å². The number of carbonyl (C=O) groups excluding carboxylic acids is 2. The molecule has 0 aliphatic carbocycles. The second kappa shape index (κ2) is 8.10. The topological polar surface area (TPSA) is 34.1 Å². The first-order chi connectivity index (χ1) is 9.08. The quantitative estimate of drug-likeness (QED) is 0.701. The average molecular weight is 360 g/mol. The van der Waals surface area contributed by atoms with Crippen molar-refractivity contribution in [2.24, 2.45) is 0 Å². The predicted octanol–water partition coefficient (Wildman–Crippen LogP) is 5.07. The van der Waals surface area contributed by atoms with E-state index in [-0.39, 0.29) is 0 Å². The summed E-state index contributed by atoms with van der Waals surface area (Å²) in [6.45, 7) is 0. The van der Waals surface area contributed by atoms with Crippen LogP contribution in [-0.2, 0) is 0 Å². The van der Waals surface area contributed by atoms with Crippen molar-refractivity contribution in [2.45, 2.75) is 0 Å². The van der Waals surface area contributed by atoms with Crippen molar-refractivity contribution in [3.63, 3.8) is 0 Å². The van der Waals surface area contributed by atoms with Gasteiger partial charge in [0.1, 0.15) is 0 Å². The molecule has 0 spiro atoms. The normalized spacial score (nSPS) is 9.21. The smallest absolute Gasteiger partial charge is 0.151 e. The van der Waals surface area contributed by atoms with Gasteiger partial charge in [-0.1, -0.05) is 57.3 Å². The van der Waals surface area contributed by atoms with Gasteiger partial charge in [-0.05, 0) is 24.3 Å². The fourth-order valence-corrected chi connectivity index (χ4v) is 2.07. The Morgan fingerprint density at radius 1 is 0.842 bits per heavy atom. The molecule has 0 aliphatic rings. The summed E-state index contributed by atoms with van der Waals surface area (Å²) in [6.07, 6.45) is 1.47. The Kier molecular flexibility index (Phi) is 6.78. The molecular formula is C14H9BrCl2O2. The molecule has 0 N–H and O–H groups in total. The van der Waals surface area contributed by atoms with E-state index < -0.39 is 0 Å². The van der Waals surface area contributed by atoms with Crippen LogP contribution in [0, 0.1) is 0 Å². The Morgan fingerprint density at radius 3 is 1.89 bits per heavy atom.